The Kier molecular flexibility index (Phi) is 18.0. The van der Waals surface area contributed by atoms with Crippen LogP contribution in [0, 0.1) is 27.7 Å². The fourth-order valence-corrected chi connectivity index (χ4v) is 6.93. The summed E-state index contributed by atoms with van der Waals surface area (Å²) in [4.78, 5) is 80.1. The topological polar surface area (TPSA) is 260 Å². The highest BCUT2D eigenvalue weighted by Crippen LogP contribution is 2.28. The second kappa shape index (κ2) is 23.8. The lowest BCUT2D eigenvalue weighted by molar-refractivity contribution is -0.165. The number of benzene rings is 3. The van der Waals surface area contributed by atoms with Crippen LogP contribution in [-0.2, 0) is 43.4 Å². The molecule has 7 aromatic rings. The predicted octanol–water partition coefficient (Wildman–Crippen LogP) is 4.43. The number of carboxylic acid groups (broad SMARTS) is 2. The number of pyridine rings is 2. The summed E-state index contributed by atoms with van der Waals surface area (Å²) in [6.45, 7) is 8.44. The van der Waals surface area contributed by atoms with Gasteiger partial charge in [0.15, 0.2) is 12.2 Å². The van der Waals surface area contributed by atoms with Crippen molar-refractivity contribution >= 4 is 47.0 Å². The van der Waals surface area contributed by atoms with Crippen LogP contribution in [0.4, 0.5) is 4.79 Å². The molecule has 3 atom stereocenters. The van der Waals surface area contributed by atoms with Gasteiger partial charge in [0.1, 0.15) is 11.3 Å². The first kappa shape index (κ1) is 53.7. The molecule has 71 heavy (non-hydrogen) atoms. The van der Waals surface area contributed by atoms with E-state index >= 15 is 0 Å². The minimum absolute atomic E-state index is 0.0710. The number of aromatic nitrogens is 4. The number of carbonyl (C=O) groups is 6. The molecular weight excluding hydrogens is 913 g/mol. The van der Waals surface area contributed by atoms with Gasteiger partial charge in [-0.05, 0) is 56.5 Å². The van der Waals surface area contributed by atoms with Crippen molar-refractivity contribution in [1.82, 2.24) is 38.8 Å². The van der Waals surface area contributed by atoms with Crippen LogP contribution in [0.2, 0.25) is 0 Å². The molecule has 5 amide bonds. The molecule has 372 valence electrons. The van der Waals surface area contributed by atoms with E-state index in [2.05, 4.69) is 62.4 Å². The summed E-state index contributed by atoms with van der Waals surface area (Å²) in [6, 6.07) is 33.2. The molecule has 0 radical (unpaired) electrons. The Morgan fingerprint density at radius 3 is 1.31 bits per heavy atom. The van der Waals surface area contributed by atoms with Gasteiger partial charge in [-0.1, -0.05) is 102 Å². The highest BCUT2D eigenvalue weighted by atomic mass is 16.4. The third-order valence-corrected chi connectivity index (χ3v) is 11.0. The number of nitrogens with one attached hydrogen (secondary N) is 1. The van der Waals surface area contributed by atoms with Gasteiger partial charge < -0.3 is 44.1 Å². The van der Waals surface area contributed by atoms with Gasteiger partial charge in [0, 0.05) is 51.7 Å². The molecule has 0 saturated carbocycles. The monoisotopic (exact) mass is 970 g/mol. The van der Waals surface area contributed by atoms with Gasteiger partial charge in [-0.25, -0.2) is 24.4 Å². The molecule has 1 aliphatic heterocycles. The Balaban J connectivity index is 0.000000184. The number of carboxylic acids is 2. The Morgan fingerprint density at radius 2 is 0.972 bits per heavy atom. The molecule has 3 aromatic carbocycles. The van der Waals surface area contributed by atoms with Gasteiger partial charge in [0.05, 0.1) is 42.2 Å². The molecule has 0 aliphatic carbocycles. The molecule has 1 aliphatic rings. The van der Waals surface area contributed by atoms with Crippen LogP contribution in [0.3, 0.4) is 0 Å². The van der Waals surface area contributed by atoms with Gasteiger partial charge in [0.2, 0.25) is 18.0 Å². The first-order valence-corrected chi connectivity index (χ1v) is 22.2. The highest BCUT2D eigenvalue weighted by Gasteiger charge is 2.36. The Hall–Kier alpha value is -8.26. The summed E-state index contributed by atoms with van der Waals surface area (Å²) in [5, 5.41) is 43.9. The maximum absolute atomic E-state index is 12.3. The molecule has 8 rings (SSSR count). The second-order valence-electron chi connectivity index (χ2n) is 17.2. The van der Waals surface area contributed by atoms with Crippen molar-refractivity contribution in [3.8, 4) is 22.5 Å². The van der Waals surface area contributed by atoms with E-state index in [4.69, 9.17) is 30.4 Å². The fraction of sp³-hybridized carbons (Fsp3) is 0.269. The standard InChI is InChI=1S/2C19H21N3O.C10H10N2O3.C4H6O6/c2*1-13-5-8-15(9-6-13)19-16(11-18(23)21(3)4)22-12-14(2)7-10-17(22)20-19;13-8-9(14)12(10(15)11-8)6-7-4-2-1-3-5-7;5-1(3(7)8)2(6)4(9)10/h2*5-10,12H,11H2,1-4H3;1-5,9,14H,6H2,(H,11,13,15);1-2,5-6H,(H,7,8)(H,9,10). The molecule has 0 spiro atoms. The first-order valence-electron chi connectivity index (χ1n) is 22.2. The Labute approximate surface area is 409 Å². The second-order valence-corrected chi connectivity index (χ2v) is 17.2. The Morgan fingerprint density at radius 1 is 0.592 bits per heavy atom. The number of hydrogen-bond donors (Lipinski definition) is 6. The zero-order chi connectivity index (χ0) is 52.3. The van der Waals surface area contributed by atoms with E-state index in [1.807, 2.05) is 95.0 Å². The van der Waals surface area contributed by atoms with Crippen LogP contribution in [0.5, 0.6) is 0 Å². The number of carbonyl (C=O) groups excluding carboxylic acids is 4. The minimum atomic E-state index is -2.27. The first-order chi connectivity index (χ1) is 33.6. The van der Waals surface area contributed by atoms with Crippen LogP contribution < -0.4 is 5.32 Å². The molecule has 5 heterocycles. The SMILES string of the molecule is Cc1ccc(-c2nc3ccc(C)cn3c2CC(=O)N(C)C)cc1.Cc1ccc(-c2nc3ccc(C)cn3c2CC(=O)N(C)C)cc1.O=C(O)C(O)C(O)C(=O)O.O=C1NC(=O)N(Cc2ccccc2)C1O. The van der Waals surface area contributed by atoms with Crippen LogP contribution in [0.25, 0.3) is 33.8 Å². The number of aliphatic hydroxyl groups excluding tert-OH is 3. The zero-order valence-electron chi connectivity index (χ0n) is 40.6. The van der Waals surface area contributed by atoms with Crippen molar-refractivity contribution in [1.29, 1.82) is 0 Å². The molecule has 1 fully saturated rings. The Bertz CT molecular complexity index is 2860. The number of rotatable bonds is 11. The smallest absolute Gasteiger partial charge is 0.335 e. The molecule has 3 unspecified atom stereocenters. The molecule has 19 heteroatoms. The van der Waals surface area contributed by atoms with Crippen molar-refractivity contribution in [2.45, 2.75) is 65.5 Å². The van der Waals surface area contributed by atoms with Crippen LogP contribution in [-0.4, -0.2) is 141 Å². The lowest BCUT2D eigenvalue weighted by Gasteiger charge is -2.16. The predicted molar refractivity (Wildman–Crippen MR) is 264 cm³/mol. The number of likely N-dealkylation sites (N-methyl/N-ethyl adjacent to an activating group) is 2. The lowest BCUT2D eigenvalue weighted by Crippen LogP contribution is -2.39. The van der Waals surface area contributed by atoms with E-state index in [0.29, 0.717) is 12.8 Å². The van der Waals surface area contributed by atoms with Crippen LogP contribution in [0.15, 0.2) is 116 Å². The number of aliphatic hydroxyl groups is 3. The number of aryl methyl sites for hydroxylation is 4. The third kappa shape index (κ3) is 13.9. The van der Waals surface area contributed by atoms with Crippen molar-refractivity contribution < 1.29 is 54.3 Å². The average Bonchev–Trinajstić information content (AvgIpc) is 3.95. The molecule has 19 nitrogen and oxygen atoms in total. The van der Waals surface area contributed by atoms with Gasteiger partial charge in [0.25, 0.3) is 5.91 Å². The summed E-state index contributed by atoms with van der Waals surface area (Å²) >= 11 is 0. The number of amides is 5. The number of nitrogens with zero attached hydrogens (tertiary/aromatic N) is 7. The van der Waals surface area contributed by atoms with Crippen LogP contribution >= 0.6 is 0 Å². The van der Waals surface area contributed by atoms with Crippen molar-refractivity contribution in [2.75, 3.05) is 28.2 Å². The number of imide groups is 1. The largest absolute Gasteiger partial charge is 0.479 e. The summed E-state index contributed by atoms with van der Waals surface area (Å²) < 4.78 is 4.07. The van der Waals surface area contributed by atoms with E-state index in [-0.39, 0.29) is 18.4 Å². The van der Waals surface area contributed by atoms with Crippen LogP contribution in [0.1, 0.15) is 39.2 Å². The van der Waals surface area contributed by atoms with Gasteiger partial charge in [-0.3, -0.25) is 24.6 Å². The summed E-state index contributed by atoms with van der Waals surface area (Å²) in [6.07, 6.45) is -1.16. The highest BCUT2D eigenvalue weighted by molar-refractivity contribution is 6.03. The number of aliphatic carboxylic acids is 2. The van der Waals surface area contributed by atoms with Crippen molar-refractivity contribution in [3.05, 3.63) is 155 Å². The average molecular weight is 971 g/mol. The molecule has 4 aromatic heterocycles. The maximum Gasteiger partial charge on any atom is 0.335 e. The minimum Gasteiger partial charge on any atom is -0.479 e. The molecule has 0 bridgehead atoms. The van der Waals surface area contributed by atoms with Crippen molar-refractivity contribution in [2.24, 2.45) is 0 Å². The maximum atomic E-state index is 12.3. The molecule has 6 N–H and O–H groups in total. The molecular formula is C52H58N8O11. The molecule has 1 saturated heterocycles. The number of fused-ring (bicyclic) bond motifs is 2. The van der Waals surface area contributed by atoms with Gasteiger partial charge in [-0.15, -0.1) is 0 Å². The third-order valence-electron chi connectivity index (χ3n) is 11.0. The van der Waals surface area contributed by atoms with E-state index in [1.54, 1.807) is 38.0 Å². The number of hydrogen-bond acceptors (Lipinski definition) is 11. The number of imidazole rings is 2. The lowest BCUT2D eigenvalue weighted by atomic mass is 10.1. The van der Waals surface area contributed by atoms with E-state index in [9.17, 15) is 33.9 Å². The zero-order valence-corrected chi connectivity index (χ0v) is 40.6. The van der Waals surface area contributed by atoms with Gasteiger partial charge >= 0.3 is 18.0 Å². The van der Waals surface area contributed by atoms with Crippen molar-refractivity contribution in [3.63, 3.8) is 0 Å². The normalized spacial score (nSPS) is 13.7. The fourth-order valence-electron chi connectivity index (χ4n) is 6.93. The summed E-state index contributed by atoms with van der Waals surface area (Å²) in [7, 11) is 7.12. The van der Waals surface area contributed by atoms with E-state index in [0.717, 1.165) is 66.8 Å². The number of urea groups is 1. The van der Waals surface area contributed by atoms with Gasteiger partial charge in [-0.2, -0.15) is 0 Å². The quantitative estimate of drug-likeness (QED) is 0.0982. The van der Waals surface area contributed by atoms with E-state index in [1.165, 1.54) is 11.1 Å². The van der Waals surface area contributed by atoms with E-state index < -0.39 is 42.3 Å². The summed E-state index contributed by atoms with van der Waals surface area (Å²) in [5.41, 5.74) is 13.0. The summed E-state index contributed by atoms with van der Waals surface area (Å²) in [5.74, 6) is -4.07.